The average molecular weight is 268 g/mol. The van der Waals surface area contributed by atoms with E-state index in [1.165, 1.54) is 90.0 Å². The molecule has 114 valence electrons. The van der Waals surface area contributed by atoms with Crippen LogP contribution < -0.4 is 5.32 Å². The highest BCUT2D eigenvalue weighted by Crippen LogP contribution is 2.33. The quantitative estimate of drug-likeness (QED) is 0.458. The lowest BCUT2D eigenvalue weighted by molar-refractivity contribution is 0.301. The van der Waals surface area contributed by atoms with Gasteiger partial charge in [0.25, 0.3) is 0 Å². The van der Waals surface area contributed by atoms with Crippen LogP contribution in [0.1, 0.15) is 90.4 Å². The summed E-state index contributed by atoms with van der Waals surface area (Å²) < 4.78 is 0. The highest BCUT2D eigenvalue weighted by atomic mass is 14.8. The highest BCUT2D eigenvalue weighted by molar-refractivity contribution is 4.76. The van der Waals surface area contributed by atoms with E-state index in [1.54, 1.807) is 0 Å². The van der Waals surface area contributed by atoms with E-state index in [0.717, 1.165) is 11.8 Å². The van der Waals surface area contributed by atoms with Gasteiger partial charge in [-0.2, -0.15) is 0 Å². The van der Waals surface area contributed by atoms with Crippen molar-refractivity contribution in [3.63, 3.8) is 0 Å². The van der Waals surface area contributed by atoms with Crippen LogP contribution in [0.3, 0.4) is 0 Å². The normalized spacial score (nSPS) is 18.0. The molecule has 0 bridgehead atoms. The van der Waals surface area contributed by atoms with Crippen LogP contribution in [0.2, 0.25) is 0 Å². The van der Waals surface area contributed by atoms with Crippen LogP contribution in [0.4, 0.5) is 0 Å². The van der Waals surface area contributed by atoms with Crippen LogP contribution in [0.15, 0.2) is 0 Å². The topological polar surface area (TPSA) is 12.0 Å². The van der Waals surface area contributed by atoms with Gasteiger partial charge in [-0.1, -0.05) is 84.0 Å². The van der Waals surface area contributed by atoms with E-state index in [4.69, 9.17) is 0 Å². The molecule has 0 radical (unpaired) electrons. The van der Waals surface area contributed by atoms with Gasteiger partial charge in [-0.3, -0.25) is 0 Å². The number of nitrogens with one attached hydrogen (secondary N) is 1. The third-order valence-corrected chi connectivity index (χ3v) is 4.96. The van der Waals surface area contributed by atoms with E-state index in [2.05, 4.69) is 19.3 Å². The summed E-state index contributed by atoms with van der Waals surface area (Å²) >= 11 is 0. The van der Waals surface area contributed by atoms with Gasteiger partial charge in [0.05, 0.1) is 0 Å². The molecule has 1 nitrogen and oxygen atoms in total. The van der Waals surface area contributed by atoms with Crippen LogP contribution >= 0.6 is 0 Å². The molecule has 0 aromatic carbocycles. The largest absolute Gasteiger partial charge is 0.319 e. The van der Waals surface area contributed by atoms with Crippen molar-refractivity contribution in [3.05, 3.63) is 0 Å². The number of hydrogen-bond acceptors (Lipinski definition) is 1. The maximum atomic E-state index is 3.42. The Morgan fingerprint density at radius 2 is 1.47 bits per heavy atom. The molecule has 1 saturated carbocycles. The summed E-state index contributed by atoms with van der Waals surface area (Å²) in [5.74, 6) is 2.00. The van der Waals surface area contributed by atoms with E-state index in [-0.39, 0.29) is 0 Å². The summed E-state index contributed by atoms with van der Waals surface area (Å²) in [6.07, 6.45) is 19.1. The molecule has 19 heavy (non-hydrogen) atoms. The fourth-order valence-electron chi connectivity index (χ4n) is 3.74. The summed E-state index contributed by atoms with van der Waals surface area (Å²) in [6, 6.07) is 0. The zero-order valence-electron chi connectivity index (χ0n) is 13.6. The van der Waals surface area contributed by atoms with Crippen LogP contribution in [0.25, 0.3) is 0 Å². The van der Waals surface area contributed by atoms with Crippen molar-refractivity contribution < 1.29 is 0 Å². The van der Waals surface area contributed by atoms with Crippen molar-refractivity contribution in [2.24, 2.45) is 11.8 Å². The number of unbranched alkanes of at least 4 members (excludes halogenated alkanes) is 7. The van der Waals surface area contributed by atoms with E-state index < -0.39 is 0 Å². The second-order valence-corrected chi connectivity index (χ2v) is 6.63. The molecule has 0 aromatic heterocycles. The smallest absolute Gasteiger partial charge is 0.00209 e. The Balaban J connectivity index is 1.98. The minimum absolute atomic E-state index is 0.965. The monoisotopic (exact) mass is 267 g/mol. The van der Waals surface area contributed by atoms with Crippen LogP contribution in [0, 0.1) is 11.8 Å². The number of rotatable bonds is 12. The molecule has 1 aliphatic rings. The Morgan fingerprint density at radius 1 is 0.895 bits per heavy atom. The minimum Gasteiger partial charge on any atom is -0.319 e. The van der Waals surface area contributed by atoms with Gasteiger partial charge in [0.2, 0.25) is 0 Å². The Labute approximate surface area is 121 Å². The molecule has 1 aliphatic carbocycles. The van der Waals surface area contributed by atoms with Gasteiger partial charge >= 0.3 is 0 Å². The van der Waals surface area contributed by atoms with Crippen molar-refractivity contribution in [1.82, 2.24) is 5.32 Å². The molecule has 1 atom stereocenters. The predicted molar refractivity (Wildman–Crippen MR) is 86.6 cm³/mol. The standard InChI is InChI=1S/C18H37N/c1-3-4-5-6-7-8-9-10-15-18(16-19-2)17-13-11-12-14-17/h17-19H,3-16H2,1-2H3. The van der Waals surface area contributed by atoms with Crippen molar-refractivity contribution >= 4 is 0 Å². The highest BCUT2D eigenvalue weighted by Gasteiger charge is 2.23. The molecular weight excluding hydrogens is 230 g/mol. The molecule has 1 unspecified atom stereocenters. The van der Waals surface area contributed by atoms with Crippen LogP contribution in [-0.4, -0.2) is 13.6 Å². The van der Waals surface area contributed by atoms with Gasteiger partial charge in [0, 0.05) is 0 Å². The molecule has 1 N–H and O–H groups in total. The van der Waals surface area contributed by atoms with Crippen molar-refractivity contribution in [2.75, 3.05) is 13.6 Å². The first-order valence-electron chi connectivity index (χ1n) is 9.03. The first-order valence-corrected chi connectivity index (χ1v) is 9.03. The van der Waals surface area contributed by atoms with Gasteiger partial charge < -0.3 is 5.32 Å². The van der Waals surface area contributed by atoms with Gasteiger partial charge in [-0.25, -0.2) is 0 Å². The zero-order valence-corrected chi connectivity index (χ0v) is 13.6. The second kappa shape index (κ2) is 11.8. The van der Waals surface area contributed by atoms with E-state index in [1.807, 2.05) is 0 Å². The van der Waals surface area contributed by atoms with E-state index in [0.29, 0.717) is 0 Å². The Kier molecular flexibility index (Phi) is 10.5. The molecule has 0 amide bonds. The van der Waals surface area contributed by atoms with Gasteiger partial charge in [0.1, 0.15) is 0 Å². The summed E-state index contributed by atoms with van der Waals surface area (Å²) in [4.78, 5) is 0. The van der Waals surface area contributed by atoms with Crippen LogP contribution in [-0.2, 0) is 0 Å². The molecule has 0 saturated heterocycles. The Bertz CT molecular complexity index is 184. The minimum atomic E-state index is 0.965. The summed E-state index contributed by atoms with van der Waals surface area (Å²) in [7, 11) is 2.12. The average Bonchev–Trinajstić information content (AvgIpc) is 2.94. The SMILES string of the molecule is CCCCCCCCCCC(CNC)C1CCCC1. The lowest BCUT2D eigenvalue weighted by atomic mass is 9.86. The molecule has 0 aliphatic heterocycles. The molecule has 1 rings (SSSR count). The third-order valence-electron chi connectivity index (χ3n) is 4.96. The second-order valence-electron chi connectivity index (χ2n) is 6.63. The predicted octanol–water partition coefficient (Wildman–Crippen LogP) is 5.54. The molecule has 0 heterocycles. The van der Waals surface area contributed by atoms with Gasteiger partial charge in [-0.05, 0) is 31.8 Å². The lowest BCUT2D eigenvalue weighted by Gasteiger charge is -2.23. The van der Waals surface area contributed by atoms with E-state index >= 15 is 0 Å². The van der Waals surface area contributed by atoms with Crippen molar-refractivity contribution in [1.29, 1.82) is 0 Å². The summed E-state index contributed by atoms with van der Waals surface area (Å²) in [5.41, 5.74) is 0. The molecule has 1 heteroatoms. The Hall–Kier alpha value is -0.0400. The fourth-order valence-corrected chi connectivity index (χ4v) is 3.74. The summed E-state index contributed by atoms with van der Waals surface area (Å²) in [5, 5.41) is 3.42. The third kappa shape index (κ3) is 7.97. The van der Waals surface area contributed by atoms with Gasteiger partial charge in [0.15, 0.2) is 0 Å². The first-order chi connectivity index (χ1) is 9.38. The number of hydrogen-bond donors (Lipinski definition) is 1. The van der Waals surface area contributed by atoms with Crippen molar-refractivity contribution in [2.45, 2.75) is 90.4 Å². The zero-order chi connectivity index (χ0) is 13.8. The van der Waals surface area contributed by atoms with Crippen LogP contribution in [0.5, 0.6) is 0 Å². The van der Waals surface area contributed by atoms with Gasteiger partial charge in [-0.15, -0.1) is 0 Å². The molecule has 0 spiro atoms. The maximum absolute atomic E-state index is 3.42. The molecular formula is C18H37N. The fraction of sp³-hybridized carbons (Fsp3) is 1.00. The van der Waals surface area contributed by atoms with E-state index in [9.17, 15) is 0 Å². The first kappa shape index (κ1) is 17.0. The van der Waals surface area contributed by atoms with Crippen molar-refractivity contribution in [3.8, 4) is 0 Å². The lowest BCUT2D eigenvalue weighted by Crippen LogP contribution is -2.24. The molecule has 1 fully saturated rings. The Morgan fingerprint density at radius 3 is 2.05 bits per heavy atom. The maximum Gasteiger partial charge on any atom is -0.00209 e. The summed E-state index contributed by atoms with van der Waals surface area (Å²) in [6.45, 7) is 3.55. The molecule has 0 aromatic rings.